The summed E-state index contributed by atoms with van der Waals surface area (Å²) in [5.74, 6) is 0.985. The molecular weight excluding hydrogens is 326 g/mol. The Kier molecular flexibility index (Phi) is 4.84. The maximum absolute atomic E-state index is 12.2. The third-order valence-electron chi connectivity index (χ3n) is 4.72. The molecule has 3 aromatic heterocycles. The third kappa shape index (κ3) is 3.86. The van der Waals surface area contributed by atoms with Gasteiger partial charge in [0, 0.05) is 49.2 Å². The van der Waals surface area contributed by atoms with E-state index >= 15 is 0 Å². The van der Waals surface area contributed by atoms with Crippen molar-refractivity contribution >= 4 is 0 Å². The van der Waals surface area contributed by atoms with Gasteiger partial charge in [-0.3, -0.25) is 19.7 Å². The van der Waals surface area contributed by atoms with Gasteiger partial charge in [-0.25, -0.2) is 4.98 Å². The van der Waals surface area contributed by atoms with Gasteiger partial charge in [0.25, 0.3) is 5.56 Å². The van der Waals surface area contributed by atoms with E-state index in [1.54, 1.807) is 12.4 Å². The average Bonchev–Trinajstić information content (AvgIpc) is 2.69. The van der Waals surface area contributed by atoms with Gasteiger partial charge < -0.3 is 4.98 Å². The van der Waals surface area contributed by atoms with E-state index in [-0.39, 0.29) is 11.5 Å². The lowest BCUT2D eigenvalue weighted by Crippen LogP contribution is -2.35. The van der Waals surface area contributed by atoms with Crippen molar-refractivity contribution in [2.45, 2.75) is 25.3 Å². The van der Waals surface area contributed by atoms with E-state index in [9.17, 15) is 4.79 Å². The highest BCUT2D eigenvalue weighted by atomic mass is 16.1. The Hall–Kier alpha value is -2.86. The number of hydrogen-bond acceptors (Lipinski definition) is 5. The van der Waals surface area contributed by atoms with Crippen LogP contribution in [0.3, 0.4) is 0 Å². The van der Waals surface area contributed by atoms with Crippen molar-refractivity contribution in [1.29, 1.82) is 0 Å². The SMILES string of the molecule is O=c1cc(-c2cccnc2)nc([C@@H]2CCCN(Cc3ccccn3)C2)[nH]1. The van der Waals surface area contributed by atoms with Crippen molar-refractivity contribution in [2.75, 3.05) is 13.1 Å². The maximum atomic E-state index is 12.2. The lowest BCUT2D eigenvalue weighted by atomic mass is 9.96. The van der Waals surface area contributed by atoms with E-state index in [0.29, 0.717) is 5.69 Å². The van der Waals surface area contributed by atoms with Crippen molar-refractivity contribution in [2.24, 2.45) is 0 Å². The van der Waals surface area contributed by atoms with E-state index in [2.05, 4.69) is 19.9 Å². The third-order valence-corrected chi connectivity index (χ3v) is 4.72. The summed E-state index contributed by atoms with van der Waals surface area (Å²) in [6.07, 6.45) is 7.39. The zero-order valence-electron chi connectivity index (χ0n) is 14.5. The predicted molar refractivity (Wildman–Crippen MR) is 99.6 cm³/mol. The maximum Gasteiger partial charge on any atom is 0.251 e. The summed E-state index contributed by atoms with van der Waals surface area (Å²) in [6, 6.07) is 11.3. The monoisotopic (exact) mass is 347 g/mol. The highest BCUT2D eigenvalue weighted by Crippen LogP contribution is 2.26. The molecule has 1 atom stereocenters. The molecule has 26 heavy (non-hydrogen) atoms. The van der Waals surface area contributed by atoms with Gasteiger partial charge in [-0.2, -0.15) is 0 Å². The molecule has 0 unspecified atom stereocenters. The molecule has 0 saturated carbocycles. The largest absolute Gasteiger partial charge is 0.310 e. The van der Waals surface area contributed by atoms with Crippen molar-refractivity contribution in [3.63, 3.8) is 0 Å². The van der Waals surface area contributed by atoms with Crippen LogP contribution < -0.4 is 5.56 Å². The van der Waals surface area contributed by atoms with Gasteiger partial charge in [-0.15, -0.1) is 0 Å². The zero-order chi connectivity index (χ0) is 17.8. The molecule has 3 aromatic rings. The second-order valence-corrected chi connectivity index (χ2v) is 6.65. The van der Waals surface area contributed by atoms with Crippen molar-refractivity contribution < 1.29 is 0 Å². The first-order valence-corrected chi connectivity index (χ1v) is 8.92. The molecule has 1 N–H and O–H groups in total. The summed E-state index contributed by atoms with van der Waals surface area (Å²) in [4.78, 5) is 30.8. The van der Waals surface area contributed by atoms with Crippen LogP contribution in [0.1, 0.15) is 30.3 Å². The van der Waals surface area contributed by atoms with Gasteiger partial charge in [0.2, 0.25) is 0 Å². The van der Waals surface area contributed by atoms with E-state index in [4.69, 9.17) is 4.98 Å². The molecule has 132 valence electrons. The predicted octanol–water partition coefficient (Wildman–Crippen LogP) is 2.61. The number of nitrogens with zero attached hydrogens (tertiary/aromatic N) is 4. The minimum atomic E-state index is -0.115. The molecule has 4 heterocycles. The van der Waals surface area contributed by atoms with Crippen molar-refractivity contribution in [1.82, 2.24) is 24.8 Å². The molecule has 1 aliphatic rings. The van der Waals surface area contributed by atoms with Gasteiger partial charge >= 0.3 is 0 Å². The molecule has 0 aliphatic carbocycles. The van der Waals surface area contributed by atoms with Gasteiger partial charge in [0.05, 0.1) is 11.4 Å². The second-order valence-electron chi connectivity index (χ2n) is 6.65. The fraction of sp³-hybridized carbons (Fsp3) is 0.300. The summed E-state index contributed by atoms with van der Waals surface area (Å²) in [6.45, 7) is 2.74. The molecule has 0 radical (unpaired) electrons. The fourth-order valence-electron chi connectivity index (χ4n) is 3.48. The summed E-state index contributed by atoms with van der Waals surface area (Å²) in [5.41, 5.74) is 2.49. The number of pyridine rings is 2. The number of hydrogen-bond donors (Lipinski definition) is 1. The Labute approximate surface area is 152 Å². The second kappa shape index (κ2) is 7.58. The molecule has 0 bridgehead atoms. The number of piperidine rings is 1. The van der Waals surface area contributed by atoms with Crippen molar-refractivity contribution in [3.8, 4) is 11.3 Å². The average molecular weight is 347 g/mol. The van der Waals surface area contributed by atoms with Crippen molar-refractivity contribution in [3.05, 3.63) is 76.9 Å². The van der Waals surface area contributed by atoms with Crippen LogP contribution in [0.5, 0.6) is 0 Å². The number of likely N-dealkylation sites (tertiary alicyclic amines) is 1. The number of rotatable bonds is 4. The van der Waals surface area contributed by atoms with E-state index in [1.807, 2.05) is 36.5 Å². The van der Waals surface area contributed by atoms with E-state index < -0.39 is 0 Å². The minimum absolute atomic E-state index is 0.115. The minimum Gasteiger partial charge on any atom is -0.310 e. The molecule has 6 nitrogen and oxygen atoms in total. The van der Waals surface area contributed by atoms with E-state index in [0.717, 1.165) is 49.6 Å². The Bertz CT molecular complexity index is 910. The Morgan fingerprint density at radius 2 is 2.15 bits per heavy atom. The van der Waals surface area contributed by atoms with Crippen LogP contribution in [0.15, 0.2) is 59.8 Å². The highest BCUT2D eigenvalue weighted by Gasteiger charge is 2.24. The van der Waals surface area contributed by atoms with Crippen LogP contribution in [0.25, 0.3) is 11.3 Å². The molecule has 0 amide bonds. The summed E-state index contributed by atoms with van der Waals surface area (Å²) in [5, 5.41) is 0. The number of aromatic amines is 1. The van der Waals surface area contributed by atoms with Crippen LogP contribution in [-0.2, 0) is 6.54 Å². The normalized spacial score (nSPS) is 17.9. The quantitative estimate of drug-likeness (QED) is 0.785. The number of H-pyrrole nitrogens is 1. The zero-order valence-corrected chi connectivity index (χ0v) is 14.5. The van der Waals surface area contributed by atoms with E-state index in [1.165, 1.54) is 6.07 Å². The Morgan fingerprint density at radius 1 is 1.19 bits per heavy atom. The molecule has 0 aromatic carbocycles. The topological polar surface area (TPSA) is 74.8 Å². The van der Waals surface area contributed by atoms with Gasteiger partial charge in [-0.05, 0) is 43.7 Å². The Balaban J connectivity index is 1.55. The first kappa shape index (κ1) is 16.6. The summed E-state index contributed by atoms with van der Waals surface area (Å²) in [7, 11) is 0. The van der Waals surface area contributed by atoms with Crippen LogP contribution in [0.2, 0.25) is 0 Å². The lowest BCUT2D eigenvalue weighted by Gasteiger charge is -2.32. The van der Waals surface area contributed by atoms with Gasteiger partial charge in [0.15, 0.2) is 0 Å². The van der Waals surface area contributed by atoms with Gasteiger partial charge in [0.1, 0.15) is 5.82 Å². The van der Waals surface area contributed by atoms with Crippen LogP contribution in [-0.4, -0.2) is 37.9 Å². The van der Waals surface area contributed by atoms with Crippen LogP contribution >= 0.6 is 0 Å². The lowest BCUT2D eigenvalue weighted by molar-refractivity contribution is 0.194. The molecule has 6 heteroatoms. The first-order chi connectivity index (χ1) is 12.8. The van der Waals surface area contributed by atoms with Crippen LogP contribution in [0.4, 0.5) is 0 Å². The molecule has 1 aliphatic heterocycles. The highest BCUT2D eigenvalue weighted by molar-refractivity contribution is 5.56. The number of nitrogens with one attached hydrogen (secondary N) is 1. The summed E-state index contributed by atoms with van der Waals surface area (Å²) < 4.78 is 0. The van der Waals surface area contributed by atoms with Gasteiger partial charge in [-0.1, -0.05) is 6.07 Å². The van der Waals surface area contributed by atoms with Crippen LogP contribution in [0, 0.1) is 0 Å². The smallest absolute Gasteiger partial charge is 0.251 e. The molecule has 0 spiro atoms. The molecule has 4 rings (SSSR count). The molecular formula is C20H21N5O. The molecule has 1 saturated heterocycles. The summed E-state index contributed by atoms with van der Waals surface area (Å²) >= 11 is 0. The standard InChI is InChI=1S/C20H21N5O/c26-19-11-18(15-5-3-8-21-12-15)23-20(24-19)16-6-4-10-25(13-16)14-17-7-1-2-9-22-17/h1-3,5,7-9,11-12,16H,4,6,10,13-14H2,(H,23,24,26)/t16-/m1/s1. The Morgan fingerprint density at radius 3 is 2.96 bits per heavy atom. The number of aromatic nitrogens is 4. The first-order valence-electron chi connectivity index (χ1n) is 8.92. The fourth-order valence-corrected chi connectivity index (χ4v) is 3.48. The molecule has 1 fully saturated rings.